The van der Waals surface area contributed by atoms with Gasteiger partial charge in [-0.15, -0.1) is 0 Å². The SMILES string of the molecule is CCOC(=O)c1c(C)[nH]c(C)c1S(=O)(=O)N(C)c1cccc(C)c1. The molecule has 1 heterocycles. The molecule has 2 aromatic rings. The molecule has 24 heavy (non-hydrogen) atoms. The predicted octanol–water partition coefficient (Wildman–Crippen LogP) is 2.94. The third kappa shape index (κ3) is 3.17. The fourth-order valence-corrected chi connectivity index (χ4v) is 4.23. The maximum atomic E-state index is 13.1. The highest BCUT2D eigenvalue weighted by Crippen LogP contribution is 2.30. The number of sulfonamides is 1. The zero-order chi connectivity index (χ0) is 18.1. The first-order valence-electron chi connectivity index (χ1n) is 7.62. The first kappa shape index (κ1) is 18.1. The molecule has 0 saturated heterocycles. The number of nitrogens with one attached hydrogen (secondary N) is 1. The molecule has 0 saturated carbocycles. The van der Waals surface area contributed by atoms with E-state index in [9.17, 15) is 13.2 Å². The minimum atomic E-state index is -3.91. The minimum absolute atomic E-state index is 0.0394. The fourth-order valence-electron chi connectivity index (χ4n) is 2.63. The summed E-state index contributed by atoms with van der Waals surface area (Å²) in [7, 11) is -2.44. The summed E-state index contributed by atoms with van der Waals surface area (Å²) < 4.78 is 32.4. The van der Waals surface area contributed by atoms with E-state index in [1.165, 1.54) is 11.4 Å². The zero-order valence-corrected chi connectivity index (χ0v) is 15.3. The van der Waals surface area contributed by atoms with E-state index >= 15 is 0 Å². The van der Waals surface area contributed by atoms with Gasteiger partial charge in [-0.1, -0.05) is 12.1 Å². The first-order chi connectivity index (χ1) is 11.2. The van der Waals surface area contributed by atoms with E-state index in [4.69, 9.17) is 4.74 Å². The van der Waals surface area contributed by atoms with Crippen molar-refractivity contribution in [2.24, 2.45) is 0 Å². The van der Waals surface area contributed by atoms with Crippen molar-refractivity contribution in [3.05, 3.63) is 46.8 Å². The number of carbonyl (C=O) groups is 1. The Kier molecular flexibility index (Phi) is 5.03. The van der Waals surface area contributed by atoms with Gasteiger partial charge in [0, 0.05) is 18.4 Å². The van der Waals surface area contributed by atoms with Gasteiger partial charge in [-0.05, 0) is 45.4 Å². The van der Waals surface area contributed by atoms with Gasteiger partial charge in [0.15, 0.2) is 0 Å². The number of rotatable bonds is 5. The van der Waals surface area contributed by atoms with Gasteiger partial charge in [0.05, 0.1) is 12.3 Å². The number of esters is 1. The number of anilines is 1. The fraction of sp³-hybridized carbons (Fsp3) is 0.353. The van der Waals surface area contributed by atoms with E-state index in [0.29, 0.717) is 17.1 Å². The summed E-state index contributed by atoms with van der Waals surface area (Å²) in [5.74, 6) is -0.643. The van der Waals surface area contributed by atoms with Crippen molar-refractivity contribution < 1.29 is 17.9 Å². The lowest BCUT2D eigenvalue weighted by Crippen LogP contribution is -2.28. The summed E-state index contributed by atoms with van der Waals surface area (Å²) in [5, 5.41) is 0. The quantitative estimate of drug-likeness (QED) is 0.841. The molecule has 0 atom stereocenters. The van der Waals surface area contributed by atoms with Crippen molar-refractivity contribution in [2.75, 3.05) is 18.0 Å². The molecular formula is C17H22N2O4S. The summed E-state index contributed by atoms with van der Waals surface area (Å²) in [6, 6.07) is 7.16. The van der Waals surface area contributed by atoms with Crippen molar-refractivity contribution in [1.82, 2.24) is 4.98 Å². The molecule has 2 rings (SSSR count). The van der Waals surface area contributed by atoms with Gasteiger partial charge in [0.2, 0.25) is 0 Å². The van der Waals surface area contributed by atoms with Gasteiger partial charge in [0.25, 0.3) is 10.0 Å². The van der Waals surface area contributed by atoms with Crippen LogP contribution in [-0.2, 0) is 14.8 Å². The average Bonchev–Trinajstić information content (AvgIpc) is 2.81. The molecule has 0 aliphatic heterocycles. The number of ether oxygens (including phenoxy) is 1. The van der Waals surface area contributed by atoms with Gasteiger partial charge in [-0.2, -0.15) is 0 Å². The highest BCUT2D eigenvalue weighted by molar-refractivity contribution is 7.93. The third-order valence-corrected chi connectivity index (χ3v) is 5.74. The van der Waals surface area contributed by atoms with E-state index in [1.807, 2.05) is 13.0 Å². The number of hydrogen-bond acceptors (Lipinski definition) is 4. The first-order valence-corrected chi connectivity index (χ1v) is 9.06. The van der Waals surface area contributed by atoms with Crippen LogP contribution in [0.5, 0.6) is 0 Å². The van der Waals surface area contributed by atoms with Crippen molar-refractivity contribution >= 4 is 21.7 Å². The Morgan fingerprint density at radius 2 is 1.88 bits per heavy atom. The van der Waals surface area contributed by atoms with E-state index in [1.54, 1.807) is 39.0 Å². The Morgan fingerprint density at radius 3 is 2.46 bits per heavy atom. The number of aryl methyl sites for hydroxylation is 3. The zero-order valence-electron chi connectivity index (χ0n) is 14.5. The minimum Gasteiger partial charge on any atom is -0.462 e. The Bertz CT molecular complexity index is 869. The lowest BCUT2D eigenvalue weighted by molar-refractivity contribution is 0.0521. The predicted molar refractivity (Wildman–Crippen MR) is 93.0 cm³/mol. The van der Waals surface area contributed by atoms with Gasteiger partial charge in [0.1, 0.15) is 10.5 Å². The summed E-state index contributed by atoms with van der Waals surface area (Å²) in [6.07, 6.45) is 0. The molecule has 0 radical (unpaired) electrons. The summed E-state index contributed by atoms with van der Waals surface area (Å²) in [4.78, 5) is 15.1. The second-order valence-corrected chi connectivity index (χ2v) is 7.52. The topological polar surface area (TPSA) is 79.5 Å². The molecule has 130 valence electrons. The number of H-pyrrole nitrogens is 1. The van der Waals surface area contributed by atoms with Crippen LogP contribution in [-0.4, -0.2) is 33.0 Å². The van der Waals surface area contributed by atoms with Crippen molar-refractivity contribution in [3.63, 3.8) is 0 Å². The maximum Gasteiger partial charge on any atom is 0.341 e. The number of benzene rings is 1. The Hall–Kier alpha value is -2.28. The van der Waals surface area contributed by atoms with Crippen molar-refractivity contribution in [1.29, 1.82) is 0 Å². The summed E-state index contributed by atoms with van der Waals surface area (Å²) in [6.45, 7) is 7.03. The molecule has 6 nitrogen and oxygen atoms in total. The number of aromatic amines is 1. The normalized spacial score (nSPS) is 11.4. The van der Waals surface area contributed by atoms with Crippen LogP contribution in [0.2, 0.25) is 0 Å². The summed E-state index contributed by atoms with van der Waals surface area (Å²) >= 11 is 0. The lowest BCUT2D eigenvalue weighted by atomic mass is 10.2. The largest absolute Gasteiger partial charge is 0.462 e. The molecule has 0 aliphatic carbocycles. The summed E-state index contributed by atoms with van der Waals surface area (Å²) in [5.41, 5.74) is 2.43. The average molecular weight is 350 g/mol. The second kappa shape index (κ2) is 6.68. The molecule has 1 aromatic heterocycles. The molecule has 1 N–H and O–H groups in total. The molecule has 0 bridgehead atoms. The molecule has 7 heteroatoms. The lowest BCUT2D eigenvalue weighted by Gasteiger charge is -2.20. The van der Waals surface area contributed by atoms with Crippen LogP contribution in [0.25, 0.3) is 0 Å². The van der Waals surface area contributed by atoms with E-state index < -0.39 is 16.0 Å². The van der Waals surface area contributed by atoms with Crippen LogP contribution in [0.15, 0.2) is 29.2 Å². The van der Waals surface area contributed by atoms with Crippen LogP contribution in [0.4, 0.5) is 5.69 Å². The number of nitrogens with zero attached hydrogens (tertiary/aromatic N) is 1. The number of hydrogen-bond donors (Lipinski definition) is 1. The van der Waals surface area contributed by atoms with Gasteiger partial charge in [-0.25, -0.2) is 13.2 Å². The monoisotopic (exact) mass is 350 g/mol. The Balaban J connectivity index is 2.59. The second-order valence-electron chi connectivity index (χ2n) is 5.61. The number of carbonyl (C=O) groups excluding carboxylic acids is 1. The molecule has 0 aliphatic rings. The van der Waals surface area contributed by atoms with E-state index in [2.05, 4.69) is 4.98 Å². The standard InChI is InChI=1S/C17H22N2O4S/c1-6-23-17(20)15-12(3)18-13(4)16(15)24(21,22)19(5)14-9-7-8-11(2)10-14/h7-10,18H,6H2,1-5H3. The maximum absolute atomic E-state index is 13.1. The smallest absolute Gasteiger partial charge is 0.341 e. The molecule has 0 fully saturated rings. The molecule has 1 aromatic carbocycles. The van der Waals surface area contributed by atoms with Gasteiger partial charge in [-0.3, -0.25) is 4.31 Å². The highest BCUT2D eigenvalue weighted by atomic mass is 32.2. The Morgan fingerprint density at radius 1 is 1.21 bits per heavy atom. The van der Waals surface area contributed by atoms with Crippen LogP contribution < -0.4 is 4.31 Å². The Labute approximate surface area is 142 Å². The molecule has 0 spiro atoms. The van der Waals surface area contributed by atoms with Crippen molar-refractivity contribution in [2.45, 2.75) is 32.6 Å². The molecular weight excluding hydrogens is 328 g/mol. The van der Waals surface area contributed by atoms with Crippen LogP contribution in [0.1, 0.15) is 34.2 Å². The van der Waals surface area contributed by atoms with Crippen LogP contribution in [0, 0.1) is 20.8 Å². The van der Waals surface area contributed by atoms with Crippen molar-refractivity contribution in [3.8, 4) is 0 Å². The van der Waals surface area contributed by atoms with Gasteiger partial charge >= 0.3 is 5.97 Å². The highest BCUT2D eigenvalue weighted by Gasteiger charge is 2.33. The van der Waals surface area contributed by atoms with E-state index in [-0.39, 0.29) is 17.1 Å². The molecule has 0 unspecified atom stereocenters. The third-order valence-electron chi connectivity index (χ3n) is 3.78. The van der Waals surface area contributed by atoms with Crippen LogP contribution in [0.3, 0.4) is 0 Å². The number of aromatic nitrogens is 1. The molecule has 0 amide bonds. The van der Waals surface area contributed by atoms with Gasteiger partial charge < -0.3 is 9.72 Å². The van der Waals surface area contributed by atoms with E-state index in [0.717, 1.165) is 5.56 Å². The van der Waals surface area contributed by atoms with Crippen LogP contribution >= 0.6 is 0 Å².